The van der Waals surface area contributed by atoms with E-state index in [2.05, 4.69) is 15.3 Å². The number of fused-ring (bicyclic) bond motifs is 3. The molecule has 0 saturated carbocycles. The van der Waals surface area contributed by atoms with E-state index in [-0.39, 0.29) is 6.42 Å². The van der Waals surface area contributed by atoms with E-state index in [1.807, 2.05) is 24.3 Å². The van der Waals surface area contributed by atoms with E-state index >= 15 is 0 Å². The molecule has 0 fully saturated rings. The highest BCUT2D eigenvalue weighted by molar-refractivity contribution is 5.86. The highest BCUT2D eigenvalue weighted by Gasteiger charge is 2.23. The molecule has 0 aliphatic rings. The summed E-state index contributed by atoms with van der Waals surface area (Å²) in [6.07, 6.45) is 0.00294. The van der Waals surface area contributed by atoms with Gasteiger partial charge in [-0.1, -0.05) is 12.1 Å². The quantitative estimate of drug-likeness (QED) is 0.452. The first-order valence-electron chi connectivity index (χ1n) is 8.87. The van der Waals surface area contributed by atoms with Gasteiger partial charge in [-0.05, 0) is 17.7 Å². The molecule has 0 radical (unpaired) electrons. The Labute approximate surface area is 166 Å². The summed E-state index contributed by atoms with van der Waals surface area (Å²) in [5, 5.41) is 17.9. The number of ether oxygens (including phenoxy) is 3. The summed E-state index contributed by atoms with van der Waals surface area (Å²) in [5.74, 6) is 0.324. The van der Waals surface area contributed by atoms with Gasteiger partial charge in [-0.15, -0.1) is 10.2 Å². The maximum atomic E-state index is 11.7. The Hall–Kier alpha value is -3.53. The van der Waals surface area contributed by atoms with Crippen LogP contribution in [0.25, 0.3) is 27.9 Å². The molecule has 0 N–H and O–H groups in total. The largest absolute Gasteiger partial charge is 0.497 e. The van der Waals surface area contributed by atoms with Crippen molar-refractivity contribution in [3.8, 4) is 16.9 Å². The van der Waals surface area contributed by atoms with Crippen molar-refractivity contribution in [3.63, 3.8) is 0 Å². The highest BCUT2D eigenvalue weighted by atomic mass is 16.5. The number of aromatic nitrogens is 6. The van der Waals surface area contributed by atoms with Crippen LogP contribution in [0.3, 0.4) is 0 Å². The Morgan fingerprint density at radius 1 is 1.10 bits per heavy atom. The molecule has 0 saturated heterocycles. The third kappa shape index (κ3) is 3.17. The Bertz CT molecular complexity index is 1210. The zero-order valence-corrected chi connectivity index (χ0v) is 16.5. The number of hydrogen-bond donors (Lipinski definition) is 0. The molecule has 0 unspecified atom stereocenters. The van der Waals surface area contributed by atoms with E-state index in [0.29, 0.717) is 34.8 Å². The van der Waals surface area contributed by atoms with Crippen LogP contribution in [0.4, 0.5) is 0 Å². The number of methoxy groups -OCH3 is 3. The fourth-order valence-electron chi connectivity index (χ4n) is 3.33. The standard InChI is InChI=1S/C19H20N6O4/c1-24-19-17(13(22-24)9-15(26)29-4)20-21-18-16(14(10-27-2)23-25(18)19)11-6-5-7-12(8-11)28-3/h5-8H,9-10H2,1-4H3. The van der Waals surface area contributed by atoms with Crippen LogP contribution < -0.4 is 4.74 Å². The monoisotopic (exact) mass is 396 g/mol. The topological polar surface area (TPSA) is 106 Å². The Kier molecular flexibility index (Phi) is 4.85. The van der Waals surface area contributed by atoms with Crippen molar-refractivity contribution < 1.29 is 19.0 Å². The lowest BCUT2D eigenvalue weighted by Gasteiger charge is -2.05. The number of nitrogens with zero attached hydrogens (tertiary/aromatic N) is 6. The number of hydrogen-bond acceptors (Lipinski definition) is 8. The van der Waals surface area contributed by atoms with E-state index in [1.54, 1.807) is 30.5 Å². The van der Waals surface area contributed by atoms with Gasteiger partial charge in [0.2, 0.25) is 0 Å². The second kappa shape index (κ2) is 7.47. The number of carbonyl (C=O) groups is 1. The SMILES string of the molecule is COCc1nn2c(nnc3c(CC(=O)OC)nn(C)c32)c1-c1cccc(OC)c1. The van der Waals surface area contributed by atoms with Gasteiger partial charge < -0.3 is 14.2 Å². The predicted molar refractivity (Wildman–Crippen MR) is 103 cm³/mol. The van der Waals surface area contributed by atoms with Crippen LogP contribution >= 0.6 is 0 Å². The van der Waals surface area contributed by atoms with E-state index < -0.39 is 5.97 Å². The van der Waals surface area contributed by atoms with Crippen molar-refractivity contribution in [1.29, 1.82) is 0 Å². The molecule has 4 rings (SSSR count). The average molecular weight is 396 g/mol. The summed E-state index contributed by atoms with van der Waals surface area (Å²) < 4.78 is 18.8. The normalized spacial score (nSPS) is 11.3. The van der Waals surface area contributed by atoms with Crippen LogP contribution in [-0.4, -0.2) is 56.9 Å². The second-order valence-electron chi connectivity index (χ2n) is 6.42. The van der Waals surface area contributed by atoms with Gasteiger partial charge in [-0.2, -0.15) is 14.7 Å². The maximum Gasteiger partial charge on any atom is 0.311 e. The van der Waals surface area contributed by atoms with Crippen molar-refractivity contribution in [3.05, 3.63) is 35.7 Å². The minimum atomic E-state index is -0.399. The van der Waals surface area contributed by atoms with Crippen molar-refractivity contribution in [2.75, 3.05) is 21.3 Å². The zero-order valence-electron chi connectivity index (χ0n) is 16.5. The molecular formula is C19H20N6O4. The number of benzene rings is 1. The minimum absolute atomic E-state index is 0.00294. The van der Waals surface area contributed by atoms with Crippen LogP contribution in [0.2, 0.25) is 0 Å². The summed E-state index contributed by atoms with van der Waals surface area (Å²) in [6, 6.07) is 7.64. The summed E-state index contributed by atoms with van der Waals surface area (Å²) in [5.41, 5.74) is 4.56. The van der Waals surface area contributed by atoms with Gasteiger partial charge in [0.05, 0.1) is 38.5 Å². The van der Waals surface area contributed by atoms with Gasteiger partial charge in [0.1, 0.15) is 11.4 Å². The van der Waals surface area contributed by atoms with Crippen LogP contribution in [0, 0.1) is 0 Å². The molecule has 10 nitrogen and oxygen atoms in total. The fourth-order valence-corrected chi connectivity index (χ4v) is 3.33. The van der Waals surface area contributed by atoms with E-state index in [9.17, 15) is 4.79 Å². The van der Waals surface area contributed by atoms with Crippen molar-refractivity contribution >= 4 is 22.8 Å². The Morgan fingerprint density at radius 3 is 2.66 bits per heavy atom. The van der Waals surface area contributed by atoms with Crippen molar-refractivity contribution in [2.24, 2.45) is 7.05 Å². The Balaban J connectivity index is 1.98. The van der Waals surface area contributed by atoms with Gasteiger partial charge in [-0.3, -0.25) is 4.79 Å². The molecule has 0 aliphatic heterocycles. The predicted octanol–water partition coefficient (Wildman–Crippen LogP) is 1.55. The van der Waals surface area contributed by atoms with Crippen molar-refractivity contribution in [2.45, 2.75) is 13.0 Å². The lowest BCUT2D eigenvalue weighted by atomic mass is 10.1. The summed E-state index contributed by atoms with van der Waals surface area (Å²) in [6.45, 7) is 0.296. The van der Waals surface area contributed by atoms with Gasteiger partial charge in [0, 0.05) is 14.2 Å². The number of aryl methyl sites for hydroxylation is 1. The van der Waals surface area contributed by atoms with Gasteiger partial charge >= 0.3 is 5.97 Å². The van der Waals surface area contributed by atoms with Gasteiger partial charge in [0.25, 0.3) is 0 Å². The lowest BCUT2D eigenvalue weighted by Crippen LogP contribution is -2.06. The molecule has 4 aromatic rings. The van der Waals surface area contributed by atoms with Crippen LogP contribution in [0.15, 0.2) is 24.3 Å². The molecule has 0 atom stereocenters. The maximum absolute atomic E-state index is 11.7. The van der Waals surface area contributed by atoms with Gasteiger partial charge in [-0.25, -0.2) is 4.68 Å². The van der Waals surface area contributed by atoms with Crippen LogP contribution in [-0.2, 0) is 34.3 Å². The van der Waals surface area contributed by atoms with E-state index in [0.717, 1.165) is 16.9 Å². The van der Waals surface area contributed by atoms with Crippen molar-refractivity contribution in [1.82, 2.24) is 29.6 Å². The molecule has 0 aliphatic carbocycles. The number of carbonyl (C=O) groups excluding carboxylic acids is 1. The summed E-state index contributed by atoms with van der Waals surface area (Å²) in [4.78, 5) is 11.7. The van der Waals surface area contributed by atoms with Crippen LogP contribution in [0.1, 0.15) is 11.4 Å². The molecule has 150 valence electrons. The van der Waals surface area contributed by atoms with Gasteiger partial charge in [0.15, 0.2) is 16.8 Å². The number of esters is 1. The Morgan fingerprint density at radius 2 is 1.93 bits per heavy atom. The fraction of sp³-hybridized carbons (Fsp3) is 0.316. The molecule has 3 heterocycles. The molecule has 29 heavy (non-hydrogen) atoms. The molecule has 3 aromatic heterocycles. The third-order valence-corrected chi connectivity index (χ3v) is 4.62. The molecule has 0 amide bonds. The van der Waals surface area contributed by atoms with E-state index in [1.165, 1.54) is 7.11 Å². The lowest BCUT2D eigenvalue weighted by molar-refractivity contribution is -0.139. The smallest absolute Gasteiger partial charge is 0.311 e. The summed E-state index contributed by atoms with van der Waals surface area (Å²) >= 11 is 0. The molecular weight excluding hydrogens is 376 g/mol. The average Bonchev–Trinajstić information content (AvgIpc) is 3.25. The summed E-state index contributed by atoms with van der Waals surface area (Å²) in [7, 11) is 6.34. The second-order valence-corrected chi connectivity index (χ2v) is 6.42. The van der Waals surface area contributed by atoms with E-state index in [4.69, 9.17) is 19.3 Å². The van der Waals surface area contributed by atoms with Crippen LogP contribution in [0.5, 0.6) is 5.75 Å². The third-order valence-electron chi connectivity index (χ3n) is 4.62. The molecule has 1 aromatic carbocycles. The first-order valence-corrected chi connectivity index (χ1v) is 8.87. The molecule has 0 spiro atoms. The zero-order chi connectivity index (χ0) is 20.5. The molecule has 0 bridgehead atoms. The first kappa shape index (κ1) is 18.8. The highest BCUT2D eigenvalue weighted by Crippen LogP contribution is 2.31. The first-order chi connectivity index (χ1) is 14.1. The molecule has 10 heteroatoms. The number of rotatable bonds is 6. The minimum Gasteiger partial charge on any atom is -0.497 e.